The van der Waals surface area contributed by atoms with E-state index in [0.717, 1.165) is 16.1 Å². The number of benzene rings is 2. The van der Waals surface area contributed by atoms with Crippen molar-refractivity contribution in [2.75, 3.05) is 11.6 Å². The average Bonchev–Trinajstić information content (AvgIpc) is 3.10. The van der Waals surface area contributed by atoms with E-state index in [1.54, 1.807) is 23.9 Å². The van der Waals surface area contributed by atoms with Crippen molar-refractivity contribution in [1.82, 2.24) is 10.1 Å². The van der Waals surface area contributed by atoms with Crippen LogP contribution in [0.3, 0.4) is 0 Å². The third kappa shape index (κ3) is 4.84. The van der Waals surface area contributed by atoms with Crippen molar-refractivity contribution in [1.29, 1.82) is 0 Å². The summed E-state index contributed by atoms with van der Waals surface area (Å²) >= 11 is 7.49. The van der Waals surface area contributed by atoms with Crippen molar-refractivity contribution >= 4 is 35.0 Å². The van der Waals surface area contributed by atoms with Crippen molar-refractivity contribution in [3.8, 4) is 11.4 Å². The molecule has 5 nitrogen and oxygen atoms in total. The summed E-state index contributed by atoms with van der Waals surface area (Å²) in [6, 6.07) is 14.9. The molecule has 3 rings (SSSR count). The summed E-state index contributed by atoms with van der Waals surface area (Å²) in [5, 5.41) is 7.46. The van der Waals surface area contributed by atoms with Gasteiger partial charge in [0.25, 0.3) is 0 Å². The number of carbonyl (C=O) groups excluding carboxylic acids is 1. The summed E-state index contributed by atoms with van der Waals surface area (Å²) in [5.41, 5.74) is 1.60. The van der Waals surface area contributed by atoms with Gasteiger partial charge in [0.15, 0.2) is 0 Å². The topological polar surface area (TPSA) is 68.0 Å². The normalized spacial score (nSPS) is 10.6. The monoisotopic (exact) mass is 373 g/mol. The lowest BCUT2D eigenvalue weighted by Crippen LogP contribution is -2.12. The maximum absolute atomic E-state index is 12.1. The predicted molar refractivity (Wildman–Crippen MR) is 99.9 cm³/mol. The molecular formula is C18H16ClN3O2S. The molecule has 3 aromatic rings. The molecule has 1 amide bonds. The van der Waals surface area contributed by atoms with Gasteiger partial charge in [-0.3, -0.25) is 4.79 Å². The Labute approximate surface area is 154 Å². The van der Waals surface area contributed by atoms with Gasteiger partial charge >= 0.3 is 0 Å². The lowest BCUT2D eigenvalue weighted by Gasteiger charge is -2.05. The van der Waals surface area contributed by atoms with E-state index < -0.39 is 0 Å². The molecule has 0 saturated carbocycles. The molecule has 25 heavy (non-hydrogen) atoms. The van der Waals surface area contributed by atoms with E-state index in [1.807, 2.05) is 42.7 Å². The fourth-order valence-electron chi connectivity index (χ4n) is 2.22. The minimum Gasteiger partial charge on any atom is -0.339 e. The van der Waals surface area contributed by atoms with E-state index in [2.05, 4.69) is 15.5 Å². The molecular weight excluding hydrogens is 358 g/mol. The van der Waals surface area contributed by atoms with Gasteiger partial charge in [0, 0.05) is 34.0 Å². The Balaban J connectivity index is 1.56. The van der Waals surface area contributed by atoms with Crippen LogP contribution in [0.2, 0.25) is 5.02 Å². The molecule has 128 valence electrons. The number of nitrogens with zero attached hydrogens (tertiary/aromatic N) is 2. The lowest BCUT2D eigenvalue weighted by molar-refractivity contribution is -0.116. The summed E-state index contributed by atoms with van der Waals surface area (Å²) in [6.07, 6.45) is 2.65. The third-order valence-electron chi connectivity index (χ3n) is 3.49. The zero-order chi connectivity index (χ0) is 17.6. The first-order chi connectivity index (χ1) is 12.1. The highest BCUT2D eigenvalue weighted by Gasteiger charge is 2.11. The minimum atomic E-state index is -0.0931. The number of rotatable bonds is 6. The summed E-state index contributed by atoms with van der Waals surface area (Å²) < 4.78 is 5.21. The molecule has 0 atom stereocenters. The molecule has 1 aromatic heterocycles. The van der Waals surface area contributed by atoms with Crippen LogP contribution in [0.5, 0.6) is 0 Å². The highest BCUT2D eigenvalue weighted by molar-refractivity contribution is 7.98. The second-order valence-corrected chi connectivity index (χ2v) is 6.61. The largest absolute Gasteiger partial charge is 0.339 e. The summed E-state index contributed by atoms with van der Waals surface area (Å²) in [6.45, 7) is 0. The molecule has 0 bridgehead atoms. The van der Waals surface area contributed by atoms with Gasteiger partial charge < -0.3 is 9.84 Å². The van der Waals surface area contributed by atoms with Gasteiger partial charge in [0.2, 0.25) is 17.6 Å². The van der Waals surface area contributed by atoms with Crippen LogP contribution in [0.25, 0.3) is 11.4 Å². The van der Waals surface area contributed by atoms with E-state index in [4.69, 9.17) is 16.1 Å². The highest BCUT2D eigenvalue weighted by atomic mass is 35.5. The number of thioether (sulfide) groups is 1. The van der Waals surface area contributed by atoms with Crippen LogP contribution in [-0.4, -0.2) is 22.3 Å². The van der Waals surface area contributed by atoms with E-state index in [-0.39, 0.29) is 12.3 Å². The van der Waals surface area contributed by atoms with Gasteiger partial charge in [-0.2, -0.15) is 4.98 Å². The van der Waals surface area contributed by atoms with Crippen LogP contribution in [0.1, 0.15) is 12.3 Å². The van der Waals surface area contributed by atoms with Crippen LogP contribution in [0.15, 0.2) is 57.9 Å². The first kappa shape index (κ1) is 17.5. The second-order valence-electron chi connectivity index (χ2n) is 5.30. The molecule has 0 radical (unpaired) electrons. The van der Waals surface area contributed by atoms with Crippen molar-refractivity contribution in [3.05, 3.63) is 59.4 Å². The maximum atomic E-state index is 12.1. The van der Waals surface area contributed by atoms with Crippen molar-refractivity contribution in [2.24, 2.45) is 0 Å². The number of aryl methyl sites for hydroxylation is 1. The SMILES string of the molecule is CSc1cccc(NC(=O)CCc2nc(-c3ccc(Cl)cc3)no2)c1. The van der Waals surface area contributed by atoms with Gasteiger partial charge in [-0.05, 0) is 48.7 Å². The molecule has 7 heteroatoms. The Hall–Kier alpha value is -2.31. The molecule has 0 aliphatic carbocycles. The maximum Gasteiger partial charge on any atom is 0.227 e. The molecule has 2 aromatic carbocycles. The Morgan fingerprint density at radius 2 is 2.04 bits per heavy atom. The third-order valence-corrected chi connectivity index (χ3v) is 4.47. The van der Waals surface area contributed by atoms with Crippen LogP contribution in [0, 0.1) is 0 Å². The van der Waals surface area contributed by atoms with E-state index in [9.17, 15) is 4.79 Å². The number of anilines is 1. The van der Waals surface area contributed by atoms with Crippen LogP contribution < -0.4 is 5.32 Å². The number of hydrogen-bond acceptors (Lipinski definition) is 5. The Bertz CT molecular complexity index is 865. The van der Waals surface area contributed by atoms with Gasteiger partial charge in [0.05, 0.1) is 0 Å². The van der Waals surface area contributed by atoms with Gasteiger partial charge in [-0.15, -0.1) is 11.8 Å². The predicted octanol–water partition coefficient (Wildman–Crippen LogP) is 4.68. The van der Waals surface area contributed by atoms with Gasteiger partial charge in [-0.1, -0.05) is 22.8 Å². The first-order valence-corrected chi connectivity index (χ1v) is 9.27. The average molecular weight is 374 g/mol. The number of aromatic nitrogens is 2. The van der Waals surface area contributed by atoms with Crippen LogP contribution >= 0.6 is 23.4 Å². The van der Waals surface area contributed by atoms with Crippen molar-refractivity contribution in [3.63, 3.8) is 0 Å². The number of halogens is 1. The summed E-state index contributed by atoms with van der Waals surface area (Å²) in [7, 11) is 0. The minimum absolute atomic E-state index is 0.0931. The molecule has 1 heterocycles. The molecule has 0 aliphatic heterocycles. The van der Waals surface area contributed by atoms with E-state index in [0.29, 0.717) is 23.2 Å². The van der Waals surface area contributed by atoms with Crippen LogP contribution in [-0.2, 0) is 11.2 Å². The Morgan fingerprint density at radius 1 is 1.24 bits per heavy atom. The number of nitrogens with one attached hydrogen (secondary N) is 1. The second kappa shape index (κ2) is 8.18. The Kier molecular flexibility index (Phi) is 5.73. The summed E-state index contributed by atoms with van der Waals surface area (Å²) in [4.78, 5) is 17.5. The molecule has 0 fully saturated rings. The zero-order valence-corrected chi connectivity index (χ0v) is 15.1. The molecule has 0 aliphatic rings. The van der Waals surface area contributed by atoms with E-state index in [1.165, 1.54) is 0 Å². The smallest absolute Gasteiger partial charge is 0.227 e. The summed E-state index contributed by atoms with van der Waals surface area (Å²) in [5.74, 6) is 0.821. The van der Waals surface area contributed by atoms with Crippen molar-refractivity contribution in [2.45, 2.75) is 17.7 Å². The Morgan fingerprint density at radius 3 is 2.80 bits per heavy atom. The van der Waals surface area contributed by atoms with Crippen molar-refractivity contribution < 1.29 is 9.32 Å². The fraction of sp³-hybridized carbons (Fsp3) is 0.167. The number of carbonyl (C=O) groups is 1. The van der Waals surface area contributed by atoms with Crippen LogP contribution in [0.4, 0.5) is 5.69 Å². The van der Waals surface area contributed by atoms with Gasteiger partial charge in [0.1, 0.15) is 0 Å². The quantitative estimate of drug-likeness (QED) is 0.635. The van der Waals surface area contributed by atoms with E-state index >= 15 is 0 Å². The number of hydrogen-bond donors (Lipinski definition) is 1. The number of amides is 1. The molecule has 0 spiro atoms. The van der Waals surface area contributed by atoms with Gasteiger partial charge in [-0.25, -0.2) is 0 Å². The fourth-order valence-corrected chi connectivity index (χ4v) is 2.80. The first-order valence-electron chi connectivity index (χ1n) is 7.66. The lowest BCUT2D eigenvalue weighted by atomic mass is 10.2. The molecule has 0 saturated heterocycles. The highest BCUT2D eigenvalue weighted by Crippen LogP contribution is 2.20. The molecule has 1 N–H and O–H groups in total. The standard InChI is InChI=1S/C18H16ClN3O2S/c1-25-15-4-2-3-14(11-15)20-16(23)9-10-17-21-18(22-24-17)12-5-7-13(19)8-6-12/h2-8,11H,9-10H2,1H3,(H,20,23). The zero-order valence-electron chi connectivity index (χ0n) is 13.5. The molecule has 0 unspecified atom stereocenters.